The maximum atomic E-state index is 12.1. The lowest BCUT2D eigenvalue weighted by molar-refractivity contribution is -0.141. The molecule has 4 heteroatoms. The number of carbonyl (C=O) groups excluding carboxylic acids is 1. The highest BCUT2D eigenvalue weighted by molar-refractivity contribution is 5.82. The SMILES string of the molecule is CCC1CN(C(=O)C(N)C(C)CC)CCO1. The minimum Gasteiger partial charge on any atom is -0.375 e. The average Bonchev–Trinajstić information content (AvgIpc) is 2.36. The molecule has 2 N–H and O–H groups in total. The summed E-state index contributed by atoms with van der Waals surface area (Å²) in [6, 6.07) is -0.361. The summed E-state index contributed by atoms with van der Waals surface area (Å²) in [6.07, 6.45) is 2.07. The van der Waals surface area contributed by atoms with Crippen LogP contribution in [0, 0.1) is 5.92 Å². The molecule has 0 radical (unpaired) electrons. The molecular formula is C12H24N2O2. The van der Waals surface area contributed by atoms with Gasteiger partial charge in [0.1, 0.15) is 0 Å². The predicted octanol–water partition coefficient (Wildman–Crippen LogP) is 0.997. The molecule has 3 unspecified atom stereocenters. The Morgan fingerprint density at radius 3 is 2.81 bits per heavy atom. The monoisotopic (exact) mass is 228 g/mol. The van der Waals surface area contributed by atoms with Crippen molar-refractivity contribution in [2.75, 3.05) is 19.7 Å². The first-order valence-electron chi connectivity index (χ1n) is 6.26. The fourth-order valence-electron chi connectivity index (χ4n) is 1.87. The molecule has 16 heavy (non-hydrogen) atoms. The van der Waals surface area contributed by atoms with Crippen molar-refractivity contribution in [2.24, 2.45) is 11.7 Å². The maximum Gasteiger partial charge on any atom is 0.239 e. The van der Waals surface area contributed by atoms with E-state index >= 15 is 0 Å². The molecule has 1 amide bonds. The van der Waals surface area contributed by atoms with E-state index in [9.17, 15) is 4.79 Å². The van der Waals surface area contributed by atoms with Gasteiger partial charge in [-0.1, -0.05) is 27.2 Å². The van der Waals surface area contributed by atoms with Crippen molar-refractivity contribution in [2.45, 2.75) is 45.8 Å². The Balaban J connectivity index is 2.52. The standard InChI is InChI=1S/C12H24N2O2/c1-4-9(3)11(13)12(15)14-6-7-16-10(5-2)8-14/h9-11H,4-8,13H2,1-3H3. The zero-order valence-corrected chi connectivity index (χ0v) is 10.6. The number of hydrogen-bond acceptors (Lipinski definition) is 3. The van der Waals surface area contributed by atoms with Crippen molar-refractivity contribution in [3.8, 4) is 0 Å². The molecule has 1 heterocycles. The molecule has 0 aromatic rings. The van der Waals surface area contributed by atoms with Gasteiger partial charge in [-0.25, -0.2) is 0 Å². The van der Waals surface area contributed by atoms with Gasteiger partial charge >= 0.3 is 0 Å². The van der Waals surface area contributed by atoms with Crippen molar-refractivity contribution in [1.82, 2.24) is 4.90 Å². The van der Waals surface area contributed by atoms with E-state index in [-0.39, 0.29) is 24.0 Å². The number of nitrogens with two attached hydrogens (primary N) is 1. The van der Waals surface area contributed by atoms with Crippen molar-refractivity contribution in [1.29, 1.82) is 0 Å². The van der Waals surface area contributed by atoms with Gasteiger partial charge in [-0.05, 0) is 12.3 Å². The van der Waals surface area contributed by atoms with Gasteiger partial charge in [0, 0.05) is 13.1 Å². The zero-order valence-electron chi connectivity index (χ0n) is 10.6. The minimum atomic E-state index is -0.361. The van der Waals surface area contributed by atoms with Crippen LogP contribution in [0.15, 0.2) is 0 Å². The zero-order chi connectivity index (χ0) is 12.1. The summed E-state index contributed by atoms with van der Waals surface area (Å²) in [5.74, 6) is 0.325. The topological polar surface area (TPSA) is 55.6 Å². The van der Waals surface area contributed by atoms with Gasteiger partial charge in [-0.2, -0.15) is 0 Å². The molecule has 1 saturated heterocycles. The Morgan fingerprint density at radius 1 is 1.56 bits per heavy atom. The lowest BCUT2D eigenvalue weighted by Crippen LogP contribution is -2.53. The first kappa shape index (κ1) is 13.5. The minimum absolute atomic E-state index is 0.0797. The summed E-state index contributed by atoms with van der Waals surface area (Å²) in [5.41, 5.74) is 5.96. The molecule has 4 nitrogen and oxygen atoms in total. The van der Waals surface area contributed by atoms with Crippen LogP contribution >= 0.6 is 0 Å². The van der Waals surface area contributed by atoms with E-state index in [1.807, 2.05) is 11.8 Å². The molecule has 0 bridgehead atoms. The highest BCUT2D eigenvalue weighted by Crippen LogP contribution is 2.13. The Bertz CT molecular complexity index is 233. The van der Waals surface area contributed by atoms with Crippen molar-refractivity contribution >= 4 is 5.91 Å². The third-order valence-electron chi connectivity index (χ3n) is 3.45. The third kappa shape index (κ3) is 3.19. The number of nitrogens with zero attached hydrogens (tertiary/aromatic N) is 1. The second-order valence-corrected chi connectivity index (χ2v) is 4.60. The number of rotatable bonds is 4. The van der Waals surface area contributed by atoms with Crippen molar-refractivity contribution < 1.29 is 9.53 Å². The van der Waals surface area contributed by atoms with Gasteiger partial charge in [0.25, 0.3) is 0 Å². The van der Waals surface area contributed by atoms with Crippen LogP contribution in [-0.4, -0.2) is 42.6 Å². The summed E-state index contributed by atoms with van der Waals surface area (Å²) >= 11 is 0. The van der Waals surface area contributed by atoms with Crippen LogP contribution in [-0.2, 0) is 9.53 Å². The number of hydrogen-bond donors (Lipinski definition) is 1. The first-order valence-corrected chi connectivity index (χ1v) is 6.26. The lowest BCUT2D eigenvalue weighted by atomic mass is 9.98. The van der Waals surface area contributed by atoms with E-state index in [0.717, 1.165) is 12.8 Å². The molecule has 0 spiro atoms. The second kappa shape index (κ2) is 6.21. The first-order chi connectivity index (χ1) is 7.60. The van der Waals surface area contributed by atoms with Crippen LogP contribution in [0.4, 0.5) is 0 Å². The number of morpholine rings is 1. The summed E-state index contributed by atoms with van der Waals surface area (Å²) in [5, 5.41) is 0. The van der Waals surface area contributed by atoms with E-state index in [2.05, 4.69) is 13.8 Å². The lowest BCUT2D eigenvalue weighted by Gasteiger charge is -2.35. The van der Waals surface area contributed by atoms with Gasteiger partial charge in [0.15, 0.2) is 0 Å². The summed E-state index contributed by atoms with van der Waals surface area (Å²) in [4.78, 5) is 14.0. The van der Waals surface area contributed by atoms with Crippen LogP contribution in [0.1, 0.15) is 33.6 Å². The van der Waals surface area contributed by atoms with Crippen molar-refractivity contribution in [3.05, 3.63) is 0 Å². The van der Waals surface area contributed by atoms with Gasteiger partial charge < -0.3 is 15.4 Å². The molecule has 0 aromatic heterocycles. The molecular weight excluding hydrogens is 204 g/mol. The van der Waals surface area contributed by atoms with Crippen molar-refractivity contribution in [3.63, 3.8) is 0 Å². The number of amides is 1. The highest BCUT2D eigenvalue weighted by Gasteiger charge is 2.28. The van der Waals surface area contributed by atoms with Crippen LogP contribution in [0.25, 0.3) is 0 Å². The molecule has 0 aromatic carbocycles. The quantitative estimate of drug-likeness (QED) is 0.781. The fraction of sp³-hybridized carbons (Fsp3) is 0.917. The van der Waals surface area contributed by atoms with Crippen LogP contribution < -0.4 is 5.73 Å². The fourth-order valence-corrected chi connectivity index (χ4v) is 1.87. The molecule has 1 aliphatic heterocycles. The molecule has 94 valence electrons. The Hall–Kier alpha value is -0.610. The molecule has 0 saturated carbocycles. The highest BCUT2D eigenvalue weighted by atomic mass is 16.5. The molecule has 3 atom stereocenters. The number of carbonyl (C=O) groups is 1. The summed E-state index contributed by atoms with van der Waals surface area (Å²) < 4.78 is 5.54. The Kier molecular flexibility index (Phi) is 5.22. The normalized spacial score (nSPS) is 25.2. The van der Waals surface area contributed by atoms with Crippen LogP contribution in [0.3, 0.4) is 0 Å². The van der Waals surface area contributed by atoms with E-state index < -0.39 is 0 Å². The van der Waals surface area contributed by atoms with E-state index in [4.69, 9.17) is 10.5 Å². The smallest absolute Gasteiger partial charge is 0.239 e. The van der Waals surface area contributed by atoms with Crippen LogP contribution in [0.2, 0.25) is 0 Å². The van der Waals surface area contributed by atoms with Gasteiger partial charge in [0.2, 0.25) is 5.91 Å². The molecule has 0 aliphatic carbocycles. The molecule has 1 aliphatic rings. The Labute approximate surface area is 98.1 Å². The maximum absolute atomic E-state index is 12.1. The third-order valence-corrected chi connectivity index (χ3v) is 3.45. The Morgan fingerprint density at radius 2 is 2.25 bits per heavy atom. The van der Waals surface area contributed by atoms with Gasteiger partial charge in [0.05, 0.1) is 18.8 Å². The number of ether oxygens (including phenoxy) is 1. The van der Waals surface area contributed by atoms with E-state index in [1.54, 1.807) is 0 Å². The van der Waals surface area contributed by atoms with E-state index in [0.29, 0.717) is 19.7 Å². The van der Waals surface area contributed by atoms with Gasteiger partial charge in [-0.15, -0.1) is 0 Å². The average molecular weight is 228 g/mol. The molecule has 1 fully saturated rings. The summed E-state index contributed by atoms with van der Waals surface area (Å²) in [7, 11) is 0. The summed E-state index contributed by atoms with van der Waals surface area (Å²) in [6.45, 7) is 8.18. The largest absolute Gasteiger partial charge is 0.375 e. The van der Waals surface area contributed by atoms with Crippen LogP contribution in [0.5, 0.6) is 0 Å². The second-order valence-electron chi connectivity index (χ2n) is 4.60. The van der Waals surface area contributed by atoms with Gasteiger partial charge in [-0.3, -0.25) is 4.79 Å². The van der Waals surface area contributed by atoms with E-state index in [1.165, 1.54) is 0 Å². The molecule has 1 rings (SSSR count). The predicted molar refractivity (Wildman–Crippen MR) is 64.0 cm³/mol.